The largest absolute Gasteiger partial charge is 0.458 e. The van der Waals surface area contributed by atoms with Crippen molar-refractivity contribution in [2.75, 3.05) is 6.61 Å². The molecule has 0 aliphatic heterocycles. The molecule has 0 atom stereocenters. The zero-order valence-corrected chi connectivity index (χ0v) is 19.8. The fraction of sp³-hybridized carbons (Fsp3) is 0.103. The van der Waals surface area contributed by atoms with Crippen LogP contribution in [0.4, 0.5) is 0 Å². The lowest BCUT2D eigenvalue weighted by atomic mass is 9.81. The second kappa shape index (κ2) is 12.6. The summed E-state index contributed by atoms with van der Waals surface area (Å²) < 4.78 is 21.2. The summed E-state index contributed by atoms with van der Waals surface area (Å²) in [7, 11) is 0. The molecule has 0 spiro atoms. The van der Waals surface area contributed by atoms with Crippen molar-refractivity contribution < 1.29 is 38.1 Å². The molecule has 0 unspecified atom stereocenters. The van der Waals surface area contributed by atoms with Gasteiger partial charge in [0.25, 0.3) is 5.41 Å². The smallest absolute Gasteiger partial charge is 0.340 e. The zero-order chi connectivity index (χ0) is 26.7. The van der Waals surface area contributed by atoms with Crippen molar-refractivity contribution in [2.45, 2.75) is 6.42 Å². The summed E-state index contributed by atoms with van der Waals surface area (Å²) in [4.78, 5) is 53.4. The Labute approximate surface area is 213 Å². The van der Waals surface area contributed by atoms with E-state index in [-0.39, 0.29) is 29.4 Å². The third kappa shape index (κ3) is 6.79. The summed E-state index contributed by atoms with van der Waals surface area (Å²) in [5.74, 6) is -4.75. The quantitative estimate of drug-likeness (QED) is 0.125. The molecule has 188 valence electrons. The van der Waals surface area contributed by atoms with Gasteiger partial charge in [-0.15, -0.1) is 0 Å². The van der Waals surface area contributed by atoms with Crippen molar-refractivity contribution >= 4 is 23.9 Å². The van der Waals surface area contributed by atoms with Crippen LogP contribution in [0.25, 0.3) is 0 Å². The van der Waals surface area contributed by atoms with Crippen LogP contribution in [0.2, 0.25) is 0 Å². The Bertz CT molecular complexity index is 1140. The van der Waals surface area contributed by atoms with E-state index < -0.39 is 35.7 Å². The Balaban J connectivity index is 2.08. The Morgan fingerprint density at radius 1 is 0.649 bits per heavy atom. The van der Waals surface area contributed by atoms with Gasteiger partial charge in [-0.25, -0.2) is 19.2 Å². The van der Waals surface area contributed by atoms with Crippen molar-refractivity contribution in [3.63, 3.8) is 0 Å². The van der Waals surface area contributed by atoms with Crippen LogP contribution in [-0.2, 0) is 23.9 Å². The highest BCUT2D eigenvalue weighted by molar-refractivity contribution is 6.20. The maximum absolute atomic E-state index is 13.6. The molecule has 8 heteroatoms. The maximum Gasteiger partial charge on any atom is 0.340 e. The fourth-order valence-electron chi connectivity index (χ4n) is 3.14. The SMILES string of the molecule is C=CCOC(=O)C(=C)CC(C(=O)Oc1ccccc1)(C(=O)Oc1ccccc1)C(=O)Oc1ccccc1. The highest BCUT2D eigenvalue weighted by Gasteiger charge is 2.59. The van der Waals surface area contributed by atoms with Gasteiger partial charge in [-0.1, -0.05) is 73.8 Å². The van der Waals surface area contributed by atoms with Gasteiger partial charge in [0.1, 0.15) is 23.9 Å². The van der Waals surface area contributed by atoms with E-state index in [2.05, 4.69) is 13.2 Å². The van der Waals surface area contributed by atoms with E-state index in [0.717, 1.165) is 0 Å². The molecule has 0 saturated heterocycles. The van der Waals surface area contributed by atoms with Gasteiger partial charge in [-0.3, -0.25) is 0 Å². The summed E-state index contributed by atoms with van der Waals surface area (Å²) in [6, 6.07) is 23.4. The average molecular weight is 501 g/mol. The molecule has 0 bridgehead atoms. The summed E-state index contributed by atoms with van der Waals surface area (Å²) >= 11 is 0. The van der Waals surface area contributed by atoms with Gasteiger partial charge < -0.3 is 18.9 Å². The van der Waals surface area contributed by atoms with E-state index in [9.17, 15) is 19.2 Å². The molecule has 3 rings (SSSR count). The Kier molecular flexibility index (Phi) is 9.10. The van der Waals surface area contributed by atoms with E-state index in [0.29, 0.717) is 0 Å². The van der Waals surface area contributed by atoms with Gasteiger partial charge in [0.05, 0.1) is 0 Å². The Morgan fingerprint density at radius 2 is 1.00 bits per heavy atom. The van der Waals surface area contributed by atoms with Crippen LogP contribution in [0.15, 0.2) is 116 Å². The summed E-state index contributed by atoms with van der Waals surface area (Å²) in [6.07, 6.45) is 0.501. The van der Waals surface area contributed by atoms with Gasteiger partial charge in [0.2, 0.25) is 0 Å². The molecule has 0 aliphatic carbocycles. The predicted octanol–water partition coefficient (Wildman–Crippen LogP) is 4.47. The van der Waals surface area contributed by atoms with E-state index in [4.69, 9.17) is 18.9 Å². The standard InChI is InChI=1S/C29H24O8/c1-3-19-34-25(30)21(2)20-29(26(31)35-22-13-7-4-8-14-22,27(32)36-23-15-9-5-10-16-23)28(33)37-24-17-11-6-12-18-24/h3-18H,1-2,19-20H2. The second-order valence-corrected chi connectivity index (χ2v) is 7.68. The number of hydrogen-bond acceptors (Lipinski definition) is 8. The Hall–Kier alpha value is -4.98. The van der Waals surface area contributed by atoms with Crippen LogP contribution in [0, 0.1) is 5.41 Å². The first-order valence-electron chi connectivity index (χ1n) is 11.1. The minimum absolute atomic E-state index is 0.0525. The molecular formula is C29H24O8. The number of ether oxygens (including phenoxy) is 4. The van der Waals surface area contributed by atoms with Crippen LogP contribution in [0.5, 0.6) is 17.2 Å². The number of rotatable bonds is 11. The number of benzene rings is 3. The van der Waals surface area contributed by atoms with Crippen molar-refractivity contribution in [1.82, 2.24) is 0 Å². The summed E-state index contributed by atoms with van der Waals surface area (Å²) in [5.41, 5.74) is -3.13. The molecule has 37 heavy (non-hydrogen) atoms. The molecule has 0 heterocycles. The molecule has 3 aromatic rings. The lowest BCUT2D eigenvalue weighted by Crippen LogP contribution is -2.53. The van der Waals surface area contributed by atoms with Crippen molar-refractivity contribution in [2.24, 2.45) is 5.41 Å². The van der Waals surface area contributed by atoms with E-state index in [1.54, 1.807) is 54.6 Å². The molecule has 0 aromatic heterocycles. The highest BCUT2D eigenvalue weighted by atomic mass is 16.6. The first kappa shape index (κ1) is 26.6. The van der Waals surface area contributed by atoms with Crippen molar-refractivity contribution in [1.29, 1.82) is 0 Å². The number of esters is 4. The summed E-state index contributed by atoms with van der Waals surface area (Å²) in [6.45, 7) is 6.94. The number of hydrogen-bond donors (Lipinski definition) is 0. The normalized spacial score (nSPS) is 10.5. The molecule has 0 radical (unpaired) electrons. The first-order valence-corrected chi connectivity index (χ1v) is 11.1. The summed E-state index contributed by atoms with van der Waals surface area (Å²) in [5, 5.41) is 0. The van der Waals surface area contributed by atoms with E-state index in [1.165, 1.54) is 42.5 Å². The average Bonchev–Trinajstić information content (AvgIpc) is 2.91. The molecule has 3 aromatic carbocycles. The lowest BCUT2D eigenvalue weighted by molar-refractivity contribution is -0.171. The minimum Gasteiger partial charge on any atom is -0.458 e. The molecule has 0 saturated carbocycles. The van der Waals surface area contributed by atoms with Crippen LogP contribution < -0.4 is 14.2 Å². The van der Waals surface area contributed by atoms with Gasteiger partial charge >= 0.3 is 23.9 Å². The monoisotopic (exact) mass is 500 g/mol. The highest BCUT2D eigenvalue weighted by Crippen LogP contribution is 2.34. The van der Waals surface area contributed by atoms with Crippen LogP contribution >= 0.6 is 0 Å². The molecule has 0 aliphatic rings. The lowest BCUT2D eigenvalue weighted by Gasteiger charge is -2.27. The fourth-order valence-corrected chi connectivity index (χ4v) is 3.14. The molecule has 8 nitrogen and oxygen atoms in total. The van der Waals surface area contributed by atoms with E-state index >= 15 is 0 Å². The molecular weight excluding hydrogens is 476 g/mol. The first-order chi connectivity index (χ1) is 17.9. The second-order valence-electron chi connectivity index (χ2n) is 7.68. The van der Waals surface area contributed by atoms with Gasteiger partial charge in [0, 0.05) is 12.0 Å². The van der Waals surface area contributed by atoms with Crippen LogP contribution in [0.1, 0.15) is 6.42 Å². The number of para-hydroxylation sites is 3. The Morgan fingerprint density at radius 3 is 1.32 bits per heavy atom. The van der Waals surface area contributed by atoms with Gasteiger partial charge in [-0.05, 0) is 36.4 Å². The minimum atomic E-state index is -2.77. The maximum atomic E-state index is 13.6. The predicted molar refractivity (Wildman–Crippen MR) is 134 cm³/mol. The van der Waals surface area contributed by atoms with Crippen LogP contribution in [0.3, 0.4) is 0 Å². The van der Waals surface area contributed by atoms with E-state index in [1.807, 2.05) is 0 Å². The van der Waals surface area contributed by atoms with Crippen molar-refractivity contribution in [3.05, 3.63) is 116 Å². The third-order valence-electron chi connectivity index (χ3n) is 5.01. The molecule has 0 fully saturated rings. The zero-order valence-electron chi connectivity index (χ0n) is 19.8. The molecule has 0 amide bonds. The van der Waals surface area contributed by atoms with Crippen molar-refractivity contribution in [3.8, 4) is 17.2 Å². The topological polar surface area (TPSA) is 105 Å². The number of carbonyl (C=O) groups is 4. The van der Waals surface area contributed by atoms with Crippen LogP contribution in [-0.4, -0.2) is 30.5 Å². The number of carbonyl (C=O) groups excluding carboxylic acids is 4. The third-order valence-corrected chi connectivity index (χ3v) is 5.01. The van der Waals surface area contributed by atoms with Gasteiger partial charge in [0.15, 0.2) is 0 Å². The molecule has 0 N–H and O–H groups in total. The van der Waals surface area contributed by atoms with Gasteiger partial charge in [-0.2, -0.15) is 0 Å².